The highest BCUT2D eigenvalue weighted by Gasteiger charge is 2.27. The number of hydrogen-bond acceptors (Lipinski definition) is 2. The number of nitrogens with one attached hydrogen (secondary N) is 1. The van der Waals surface area contributed by atoms with Gasteiger partial charge in [-0.1, -0.05) is 13.8 Å². The fourth-order valence-corrected chi connectivity index (χ4v) is 3.16. The van der Waals surface area contributed by atoms with Crippen molar-refractivity contribution in [2.75, 3.05) is 18.6 Å². The molecule has 84 valence electrons. The summed E-state index contributed by atoms with van der Waals surface area (Å²) in [7, 11) is 0. The van der Waals surface area contributed by atoms with Gasteiger partial charge in [0.05, 0.1) is 0 Å². The minimum absolute atomic E-state index is 0.809. The van der Waals surface area contributed by atoms with Crippen molar-refractivity contribution < 1.29 is 0 Å². The van der Waals surface area contributed by atoms with Gasteiger partial charge in [0.1, 0.15) is 0 Å². The summed E-state index contributed by atoms with van der Waals surface area (Å²) in [4.78, 5) is 0. The molecule has 1 rings (SSSR count). The molecule has 0 radical (unpaired) electrons. The Hall–Kier alpha value is 0.310. The maximum absolute atomic E-state index is 3.65. The molecule has 1 nitrogen and oxygen atoms in total. The van der Waals surface area contributed by atoms with Gasteiger partial charge >= 0.3 is 0 Å². The minimum Gasteiger partial charge on any atom is -0.314 e. The van der Waals surface area contributed by atoms with Crippen molar-refractivity contribution in [3.63, 3.8) is 0 Å². The molecule has 2 heteroatoms. The highest BCUT2D eigenvalue weighted by Crippen LogP contribution is 2.31. The van der Waals surface area contributed by atoms with E-state index in [0.717, 1.165) is 24.4 Å². The average Bonchev–Trinajstić information content (AvgIpc) is 2.18. The van der Waals surface area contributed by atoms with E-state index in [1.807, 2.05) is 11.8 Å². The van der Waals surface area contributed by atoms with E-state index in [4.69, 9.17) is 0 Å². The minimum atomic E-state index is 0.809. The Kier molecular flexibility index (Phi) is 5.95. The van der Waals surface area contributed by atoms with Gasteiger partial charge in [0.15, 0.2) is 0 Å². The van der Waals surface area contributed by atoms with Crippen LogP contribution in [0.1, 0.15) is 39.5 Å². The quantitative estimate of drug-likeness (QED) is 0.756. The van der Waals surface area contributed by atoms with Gasteiger partial charge in [0.25, 0.3) is 0 Å². The van der Waals surface area contributed by atoms with Crippen molar-refractivity contribution in [3.05, 3.63) is 0 Å². The van der Waals surface area contributed by atoms with Crippen LogP contribution in [0, 0.1) is 11.8 Å². The molecule has 1 N–H and O–H groups in total. The Morgan fingerprint density at radius 1 is 1.36 bits per heavy atom. The van der Waals surface area contributed by atoms with E-state index >= 15 is 0 Å². The normalized spacial score (nSPS) is 33.2. The van der Waals surface area contributed by atoms with Crippen molar-refractivity contribution in [2.24, 2.45) is 11.8 Å². The lowest BCUT2D eigenvalue weighted by Crippen LogP contribution is -2.40. The van der Waals surface area contributed by atoms with Gasteiger partial charge in [0, 0.05) is 6.04 Å². The molecule has 3 unspecified atom stereocenters. The van der Waals surface area contributed by atoms with Gasteiger partial charge in [-0.25, -0.2) is 0 Å². The van der Waals surface area contributed by atoms with Crippen molar-refractivity contribution in [3.8, 4) is 0 Å². The molecule has 0 bridgehead atoms. The molecule has 0 heterocycles. The van der Waals surface area contributed by atoms with Crippen LogP contribution >= 0.6 is 11.8 Å². The largest absolute Gasteiger partial charge is 0.314 e. The first-order valence-electron chi connectivity index (χ1n) is 6.00. The van der Waals surface area contributed by atoms with E-state index in [9.17, 15) is 0 Å². The van der Waals surface area contributed by atoms with Crippen LogP contribution in [-0.2, 0) is 0 Å². The molecule has 0 amide bonds. The zero-order valence-electron chi connectivity index (χ0n) is 9.88. The molecule has 0 aromatic heterocycles. The zero-order valence-corrected chi connectivity index (χ0v) is 10.7. The molecular formula is C12H25NS. The molecule has 0 spiro atoms. The predicted octanol–water partition coefficient (Wildman–Crippen LogP) is 3.15. The maximum Gasteiger partial charge on any atom is 0.00957 e. The summed E-state index contributed by atoms with van der Waals surface area (Å²) < 4.78 is 0. The molecule has 3 atom stereocenters. The van der Waals surface area contributed by atoms with Crippen LogP contribution in [0.2, 0.25) is 0 Å². The fourth-order valence-electron chi connectivity index (χ4n) is 2.62. The Bertz CT molecular complexity index is 149. The average molecular weight is 215 g/mol. The zero-order chi connectivity index (χ0) is 10.4. The Morgan fingerprint density at radius 2 is 2.14 bits per heavy atom. The van der Waals surface area contributed by atoms with E-state index in [2.05, 4.69) is 25.4 Å². The monoisotopic (exact) mass is 215 g/mol. The van der Waals surface area contributed by atoms with E-state index in [0.29, 0.717) is 0 Å². The Morgan fingerprint density at radius 3 is 2.79 bits per heavy atom. The molecule has 0 saturated heterocycles. The van der Waals surface area contributed by atoms with Crippen LogP contribution in [0.3, 0.4) is 0 Å². The van der Waals surface area contributed by atoms with Crippen molar-refractivity contribution in [2.45, 2.75) is 45.6 Å². The van der Waals surface area contributed by atoms with Gasteiger partial charge in [0.2, 0.25) is 0 Å². The first-order valence-corrected chi connectivity index (χ1v) is 7.39. The molecular weight excluding hydrogens is 190 g/mol. The lowest BCUT2D eigenvalue weighted by atomic mass is 9.77. The van der Waals surface area contributed by atoms with Gasteiger partial charge in [-0.2, -0.15) is 11.8 Å². The third-order valence-corrected chi connectivity index (χ3v) is 4.05. The van der Waals surface area contributed by atoms with Crippen LogP contribution < -0.4 is 5.32 Å². The highest BCUT2D eigenvalue weighted by molar-refractivity contribution is 7.98. The second kappa shape index (κ2) is 6.73. The summed E-state index contributed by atoms with van der Waals surface area (Å²) in [5.41, 5.74) is 0. The van der Waals surface area contributed by atoms with Gasteiger partial charge < -0.3 is 5.32 Å². The summed E-state index contributed by atoms with van der Waals surface area (Å²) in [6.45, 7) is 5.77. The summed E-state index contributed by atoms with van der Waals surface area (Å²) in [6, 6.07) is 0.809. The smallest absolute Gasteiger partial charge is 0.00957 e. The summed E-state index contributed by atoms with van der Waals surface area (Å²) in [6.07, 6.45) is 7.89. The third kappa shape index (κ3) is 3.82. The third-order valence-electron chi connectivity index (χ3n) is 3.40. The van der Waals surface area contributed by atoms with Crippen LogP contribution in [-0.4, -0.2) is 24.6 Å². The Labute approximate surface area is 93.4 Å². The highest BCUT2D eigenvalue weighted by atomic mass is 32.2. The molecule has 0 aliphatic heterocycles. The van der Waals surface area contributed by atoms with Crippen LogP contribution in [0.15, 0.2) is 0 Å². The summed E-state index contributed by atoms with van der Waals surface area (Å²) in [5.74, 6) is 3.22. The Balaban J connectivity index is 2.37. The van der Waals surface area contributed by atoms with Gasteiger partial charge in [-0.3, -0.25) is 0 Å². The van der Waals surface area contributed by atoms with Crippen LogP contribution in [0.5, 0.6) is 0 Å². The van der Waals surface area contributed by atoms with E-state index < -0.39 is 0 Å². The van der Waals surface area contributed by atoms with Gasteiger partial charge in [-0.05, 0) is 56.1 Å². The van der Waals surface area contributed by atoms with E-state index in [-0.39, 0.29) is 0 Å². The standard InChI is InChI=1S/C12H25NS/c1-4-13-12-6-5-10(2)9-11(12)7-8-14-3/h10-13H,4-9H2,1-3H3. The number of thioether (sulfide) groups is 1. The number of rotatable bonds is 5. The first-order chi connectivity index (χ1) is 6.77. The molecule has 14 heavy (non-hydrogen) atoms. The number of hydrogen-bond donors (Lipinski definition) is 1. The lowest BCUT2D eigenvalue weighted by molar-refractivity contribution is 0.211. The second-order valence-electron chi connectivity index (χ2n) is 4.62. The molecule has 0 aromatic rings. The molecule has 0 aromatic carbocycles. The molecule has 1 fully saturated rings. The molecule has 1 aliphatic carbocycles. The SMILES string of the molecule is CCNC1CCC(C)CC1CCSC. The molecule has 1 saturated carbocycles. The van der Waals surface area contributed by atoms with Crippen molar-refractivity contribution >= 4 is 11.8 Å². The molecule has 1 aliphatic rings. The van der Waals surface area contributed by atoms with Crippen LogP contribution in [0.25, 0.3) is 0 Å². The van der Waals surface area contributed by atoms with E-state index in [1.165, 1.54) is 31.4 Å². The summed E-state index contributed by atoms with van der Waals surface area (Å²) in [5, 5.41) is 3.65. The summed E-state index contributed by atoms with van der Waals surface area (Å²) >= 11 is 1.99. The first kappa shape index (κ1) is 12.4. The van der Waals surface area contributed by atoms with Crippen molar-refractivity contribution in [1.82, 2.24) is 5.32 Å². The van der Waals surface area contributed by atoms with Crippen LogP contribution in [0.4, 0.5) is 0 Å². The fraction of sp³-hybridized carbons (Fsp3) is 1.00. The lowest BCUT2D eigenvalue weighted by Gasteiger charge is -2.35. The predicted molar refractivity (Wildman–Crippen MR) is 67.0 cm³/mol. The van der Waals surface area contributed by atoms with Crippen molar-refractivity contribution in [1.29, 1.82) is 0 Å². The van der Waals surface area contributed by atoms with Gasteiger partial charge in [-0.15, -0.1) is 0 Å². The second-order valence-corrected chi connectivity index (χ2v) is 5.61. The van der Waals surface area contributed by atoms with E-state index in [1.54, 1.807) is 0 Å². The topological polar surface area (TPSA) is 12.0 Å². The maximum atomic E-state index is 3.65.